The Bertz CT molecular complexity index is 693. The van der Waals surface area contributed by atoms with E-state index >= 15 is 0 Å². The number of nitrogens with zero attached hydrogens (tertiary/aromatic N) is 4. The van der Waals surface area contributed by atoms with Gasteiger partial charge in [0.15, 0.2) is 5.65 Å². The van der Waals surface area contributed by atoms with Gasteiger partial charge in [-0.2, -0.15) is 0 Å². The summed E-state index contributed by atoms with van der Waals surface area (Å²) < 4.78 is 2.69. The van der Waals surface area contributed by atoms with Gasteiger partial charge < -0.3 is 9.88 Å². The maximum absolute atomic E-state index is 12.2. The highest BCUT2D eigenvalue weighted by molar-refractivity contribution is 5.68. The van der Waals surface area contributed by atoms with Gasteiger partial charge in [0.2, 0.25) is 0 Å². The lowest BCUT2D eigenvalue weighted by molar-refractivity contribution is 0.291. The van der Waals surface area contributed by atoms with Crippen LogP contribution in [0.5, 0.6) is 0 Å². The van der Waals surface area contributed by atoms with Crippen molar-refractivity contribution in [3.63, 3.8) is 0 Å². The molecule has 0 atom stereocenters. The molecular formula is C13H21N5O2. The van der Waals surface area contributed by atoms with Crippen molar-refractivity contribution >= 4 is 11.2 Å². The summed E-state index contributed by atoms with van der Waals surface area (Å²) in [6.45, 7) is 7.46. The van der Waals surface area contributed by atoms with Crippen molar-refractivity contribution < 1.29 is 0 Å². The summed E-state index contributed by atoms with van der Waals surface area (Å²) in [5.74, 6) is 0. The zero-order valence-corrected chi connectivity index (χ0v) is 12.2. The molecule has 0 aliphatic rings. The topological polar surface area (TPSA) is 75.9 Å². The molecule has 0 fully saturated rings. The Labute approximate surface area is 116 Å². The van der Waals surface area contributed by atoms with E-state index in [1.165, 1.54) is 15.5 Å². The normalized spacial score (nSPS) is 11.6. The molecule has 20 heavy (non-hydrogen) atoms. The smallest absolute Gasteiger partial charge is 0.332 e. The number of aromatic amines is 1. The molecule has 0 radical (unpaired) electrons. The van der Waals surface area contributed by atoms with Crippen LogP contribution in [-0.2, 0) is 13.6 Å². The molecule has 2 heterocycles. The van der Waals surface area contributed by atoms with E-state index in [-0.39, 0.29) is 11.2 Å². The second kappa shape index (κ2) is 6.04. The van der Waals surface area contributed by atoms with E-state index in [2.05, 4.69) is 28.7 Å². The largest absolute Gasteiger partial charge is 0.339 e. The number of aromatic nitrogens is 4. The summed E-state index contributed by atoms with van der Waals surface area (Å²) in [6.07, 6.45) is 2.21. The molecule has 0 aromatic carbocycles. The number of aryl methyl sites for hydroxylation is 1. The molecule has 0 unspecified atom stereocenters. The zero-order valence-electron chi connectivity index (χ0n) is 12.2. The fourth-order valence-electron chi connectivity index (χ4n) is 2.38. The van der Waals surface area contributed by atoms with Crippen molar-refractivity contribution in [1.29, 1.82) is 0 Å². The van der Waals surface area contributed by atoms with Gasteiger partial charge in [-0.1, -0.05) is 13.8 Å². The van der Waals surface area contributed by atoms with Crippen molar-refractivity contribution in [3.05, 3.63) is 27.2 Å². The van der Waals surface area contributed by atoms with Gasteiger partial charge in [-0.25, -0.2) is 9.78 Å². The van der Waals surface area contributed by atoms with Crippen LogP contribution in [0, 0.1) is 0 Å². The standard InChI is InChI=1S/C13H21N5O2/c1-4-17(5-2)7-6-8-18-12(19)10-11(15-9-14-10)16(3)13(18)20/h9H,4-8H2,1-3H3,(H,14,15). The molecule has 0 amide bonds. The van der Waals surface area contributed by atoms with Gasteiger partial charge >= 0.3 is 5.69 Å². The first-order valence-corrected chi connectivity index (χ1v) is 6.95. The van der Waals surface area contributed by atoms with Crippen LogP contribution in [0.4, 0.5) is 0 Å². The van der Waals surface area contributed by atoms with Crippen LogP contribution in [0.15, 0.2) is 15.9 Å². The van der Waals surface area contributed by atoms with Crippen molar-refractivity contribution in [3.8, 4) is 0 Å². The van der Waals surface area contributed by atoms with E-state index in [0.29, 0.717) is 17.7 Å². The fourth-order valence-corrected chi connectivity index (χ4v) is 2.38. The number of rotatable bonds is 6. The average Bonchev–Trinajstić information content (AvgIpc) is 2.94. The van der Waals surface area contributed by atoms with E-state index in [1.807, 2.05) is 0 Å². The fraction of sp³-hybridized carbons (Fsp3) is 0.615. The molecule has 0 saturated heterocycles. The van der Waals surface area contributed by atoms with Gasteiger partial charge in [0.1, 0.15) is 5.52 Å². The number of nitrogens with one attached hydrogen (secondary N) is 1. The van der Waals surface area contributed by atoms with Crippen molar-refractivity contribution in [2.45, 2.75) is 26.8 Å². The number of hydrogen-bond acceptors (Lipinski definition) is 4. The molecule has 7 heteroatoms. The first kappa shape index (κ1) is 14.5. The van der Waals surface area contributed by atoms with Crippen molar-refractivity contribution in [1.82, 2.24) is 24.0 Å². The number of H-pyrrole nitrogens is 1. The van der Waals surface area contributed by atoms with Gasteiger partial charge in [-0.15, -0.1) is 0 Å². The summed E-state index contributed by atoms with van der Waals surface area (Å²) in [5, 5.41) is 0. The van der Waals surface area contributed by atoms with E-state index in [1.54, 1.807) is 7.05 Å². The van der Waals surface area contributed by atoms with Gasteiger partial charge in [-0.05, 0) is 26.1 Å². The lowest BCUT2D eigenvalue weighted by Crippen LogP contribution is -2.40. The van der Waals surface area contributed by atoms with E-state index in [0.717, 1.165) is 26.1 Å². The van der Waals surface area contributed by atoms with Crippen LogP contribution in [0.2, 0.25) is 0 Å². The molecule has 0 aliphatic carbocycles. The number of hydrogen-bond donors (Lipinski definition) is 1. The Hall–Kier alpha value is -1.89. The maximum Gasteiger partial charge on any atom is 0.332 e. The monoisotopic (exact) mass is 279 g/mol. The molecule has 2 aromatic rings. The van der Waals surface area contributed by atoms with Crippen molar-refractivity contribution in [2.75, 3.05) is 19.6 Å². The molecule has 1 N–H and O–H groups in total. The second-order valence-corrected chi connectivity index (χ2v) is 4.78. The number of imidazole rings is 1. The molecule has 0 bridgehead atoms. The molecule has 110 valence electrons. The van der Waals surface area contributed by atoms with Crippen LogP contribution >= 0.6 is 0 Å². The molecule has 7 nitrogen and oxygen atoms in total. The number of fused-ring (bicyclic) bond motifs is 1. The highest BCUT2D eigenvalue weighted by Crippen LogP contribution is 1.99. The zero-order chi connectivity index (χ0) is 14.7. The minimum Gasteiger partial charge on any atom is -0.339 e. The third-order valence-electron chi connectivity index (χ3n) is 3.66. The predicted octanol–water partition coefficient (Wildman–Crippen LogP) is 0.155. The lowest BCUT2D eigenvalue weighted by Gasteiger charge is -2.17. The third-order valence-corrected chi connectivity index (χ3v) is 3.66. The average molecular weight is 279 g/mol. The lowest BCUT2D eigenvalue weighted by atomic mass is 10.3. The van der Waals surface area contributed by atoms with Crippen LogP contribution in [0.25, 0.3) is 11.2 Å². The minimum atomic E-state index is -0.311. The summed E-state index contributed by atoms with van der Waals surface area (Å²) in [7, 11) is 1.63. The van der Waals surface area contributed by atoms with Crippen LogP contribution < -0.4 is 11.2 Å². The minimum absolute atomic E-state index is 0.292. The summed E-state index contributed by atoms with van der Waals surface area (Å²) in [6, 6.07) is 0. The van der Waals surface area contributed by atoms with E-state index in [4.69, 9.17) is 0 Å². The van der Waals surface area contributed by atoms with Crippen LogP contribution in [0.3, 0.4) is 0 Å². The van der Waals surface area contributed by atoms with E-state index in [9.17, 15) is 9.59 Å². The Morgan fingerprint density at radius 1 is 1.30 bits per heavy atom. The van der Waals surface area contributed by atoms with Crippen LogP contribution in [-0.4, -0.2) is 43.6 Å². The van der Waals surface area contributed by atoms with Gasteiger partial charge in [-0.3, -0.25) is 13.9 Å². The Kier molecular flexibility index (Phi) is 4.39. The third kappa shape index (κ3) is 2.53. The quantitative estimate of drug-likeness (QED) is 0.817. The highest BCUT2D eigenvalue weighted by atomic mass is 16.2. The molecule has 0 saturated carbocycles. The maximum atomic E-state index is 12.2. The molecule has 2 aromatic heterocycles. The van der Waals surface area contributed by atoms with Gasteiger partial charge in [0.25, 0.3) is 5.56 Å². The SMILES string of the molecule is CCN(CC)CCCn1c(=O)c2[nH]cnc2n(C)c1=O. The van der Waals surface area contributed by atoms with Crippen LogP contribution in [0.1, 0.15) is 20.3 Å². The second-order valence-electron chi connectivity index (χ2n) is 4.78. The summed E-state index contributed by atoms with van der Waals surface area (Å²) in [5.41, 5.74) is 0.184. The highest BCUT2D eigenvalue weighted by Gasteiger charge is 2.12. The molecule has 0 aliphatic heterocycles. The Morgan fingerprint density at radius 3 is 2.65 bits per heavy atom. The Balaban J connectivity index is 2.26. The van der Waals surface area contributed by atoms with Gasteiger partial charge in [0.05, 0.1) is 6.33 Å². The van der Waals surface area contributed by atoms with Crippen molar-refractivity contribution in [2.24, 2.45) is 7.05 Å². The molecule has 0 spiro atoms. The predicted molar refractivity (Wildman–Crippen MR) is 78.0 cm³/mol. The van der Waals surface area contributed by atoms with Gasteiger partial charge in [0, 0.05) is 13.6 Å². The first-order chi connectivity index (χ1) is 9.60. The molecule has 2 rings (SSSR count). The molecular weight excluding hydrogens is 258 g/mol. The summed E-state index contributed by atoms with van der Waals surface area (Å²) in [4.78, 5) is 33.5. The first-order valence-electron chi connectivity index (χ1n) is 6.95. The van der Waals surface area contributed by atoms with E-state index < -0.39 is 0 Å². The Morgan fingerprint density at radius 2 is 2.00 bits per heavy atom. The summed E-state index contributed by atoms with van der Waals surface area (Å²) >= 11 is 0.